The van der Waals surface area contributed by atoms with E-state index in [1.54, 1.807) is 35.9 Å². The Labute approximate surface area is 257 Å². The minimum atomic E-state index is -0.345. The second-order valence-electron chi connectivity index (χ2n) is 10.9. The van der Waals surface area contributed by atoms with Gasteiger partial charge in [-0.15, -0.1) is 5.10 Å². The third-order valence-electron chi connectivity index (χ3n) is 6.96. The number of carbonyl (C=O) groups excluding carboxylic acids is 2. The van der Waals surface area contributed by atoms with Gasteiger partial charge in [0.1, 0.15) is 17.2 Å². The number of carbonyl (C=O) groups is 2. The molecule has 0 aliphatic rings. The molecule has 0 radical (unpaired) electrons. The highest BCUT2D eigenvalue weighted by atomic mass is 16.5. The Kier molecular flexibility index (Phi) is 9.29. The summed E-state index contributed by atoms with van der Waals surface area (Å²) in [6.07, 6.45) is 2.07. The molecule has 0 bridgehead atoms. The quantitative estimate of drug-likeness (QED) is 0.159. The topological polar surface area (TPSA) is 91.7 Å². The van der Waals surface area contributed by atoms with E-state index in [1.165, 1.54) is 5.56 Å². The molecule has 5 rings (SSSR count). The Morgan fingerprint density at radius 1 is 0.886 bits per heavy atom. The standard InChI is InChI=1S/C36H37N3O5/c1-6-42-34(40)17-18-37-35(41)26-12-14-30(15-13-26)44-36-31(29-11-10-27-19-24(4)7-9-28(27)21-29)22-39(38-36)32-20-25(5)8-16-33(32)43-23(2)3/h7-16,19-23H,6,17-18H2,1-5H3,(H,37,41). The van der Waals surface area contributed by atoms with Gasteiger partial charge in [0, 0.05) is 18.3 Å². The summed E-state index contributed by atoms with van der Waals surface area (Å²) in [5.41, 5.74) is 5.31. The van der Waals surface area contributed by atoms with Gasteiger partial charge in [-0.2, -0.15) is 0 Å². The van der Waals surface area contributed by atoms with Crippen molar-refractivity contribution in [3.05, 3.63) is 102 Å². The molecular formula is C36H37N3O5. The highest BCUT2D eigenvalue weighted by Gasteiger charge is 2.18. The second-order valence-corrected chi connectivity index (χ2v) is 10.9. The van der Waals surface area contributed by atoms with Gasteiger partial charge in [-0.1, -0.05) is 42.0 Å². The van der Waals surface area contributed by atoms with Crippen LogP contribution in [-0.4, -0.2) is 40.9 Å². The normalized spacial score (nSPS) is 11.0. The van der Waals surface area contributed by atoms with Gasteiger partial charge in [0.05, 0.1) is 24.7 Å². The number of benzene rings is 4. The Balaban J connectivity index is 1.46. The average Bonchev–Trinajstić information content (AvgIpc) is 3.41. The largest absolute Gasteiger partial charge is 0.489 e. The first kappa shape index (κ1) is 30.4. The van der Waals surface area contributed by atoms with E-state index in [2.05, 4.69) is 48.6 Å². The van der Waals surface area contributed by atoms with E-state index in [-0.39, 0.29) is 30.9 Å². The van der Waals surface area contributed by atoms with Gasteiger partial charge in [-0.3, -0.25) is 9.59 Å². The minimum Gasteiger partial charge on any atom is -0.489 e. The predicted octanol–water partition coefficient (Wildman–Crippen LogP) is 7.57. The van der Waals surface area contributed by atoms with Crippen molar-refractivity contribution >= 4 is 22.6 Å². The number of esters is 1. The van der Waals surface area contributed by atoms with Gasteiger partial charge < -0.3 is 19.5 Å². The molecule has 8 heteroatoms. The van der Waals surface area contributed by atoms with Gasteiger partial charge in [0.25, 0.3) is 5.91 Å². The number of hydrogen-bond acceptors (Lipinski definition) is 6. The van der Waals surface area contributed by atoms with Crippen LogP contribution in [0, 0.1) is 13.8 Å². The summed E-state index contributed by atoms with van der Waals surface area (Å²) in [6.45, 7) is 10.4. The van der Waals surface area contributed by atoms with Crippen molar-refractivity contribution in [1.29, 1.82) is 0 Å². The van der Waals surface area contributed by atoms with Crippen LogP contribution in [0.25, 0.3) is 27.6 Å². The molecule has 4 aromatic carbocycles. The van der Waals surface area contributed by atoms with Crippen LogP contribution >= 0.6 is 0 Å². The second kappa shape index (κ2) is 13.5. The molecular weight excluding hydrogens is 554 g/mol. The van der Waals surface area contributed by atoms with E-state index in [4.69, 9.17) is 19.3 Å². The van der Waals surface area contributed by atoms with Gasteiger partial charge in [-0.05, 0) is 99.0 Å². The first-order valence-corrected chi connectivity index (χ1v) is 14.8. The molecule has 0 saturated heterocycles. The number of aryl methyl sites for hydroxylation is 2. The van der Waals surface area contributed by atoms with Crippen LogP contribution in [0.4, 0.5) is 0 Å². The summed E-state index contributed by atoms with van der Waals surface area (Å²) >= 11 is 0. The highest BCUT2D eigenvalue weighted by Crippen LogP contribution is 2.36. The Bertz CT molecular complexity index is 1790. The number of aromatic nitrogens is 2. The first-order valence-electron chi connectivity index (χ1n) is 14.8. The Morgan fingerprint density at radius 3 is 2.34 bits per heavy atom. The van der Waals surface area contributed by atoms with E-state index >= 15 is 0 Å². The fraction of sp³-hybridized carbons (Fsp3) is 0.250. The summed E-state index contributed by atoms with van der Waals surface area (Å²) in [5.74, 6) is 1.04. The number of ether oxygens (including phenoxy) is 3. The molecule has 0 fully saturated rings. The van der Waals surface area contributed by atoms with Crippen molar-refractivity contribution < 1.29 is 23.8 Å². The SMILES string of the molecule is CCOC(=O)CCNC(=O)c1ccc(Oc2nn(-c3cc(C)ccc3OC(C)C)cc2-c2ccc3cc(C)ccc3c2)cc1. The van der Waals surface area contributed by atoms with Crippen LogP contribution in [0.1, 0.15) is 48.7 Å². The number of rotatable bonds is 11. The van der Waals surface area contributed by atoms with Crippen molar-refractivity contribution in [3.8, 4) is 34.2 Å². The lowest BCUT2D eigenvalue weighted by molar-refractivity contribution is -0.142. The third-order valence-corrected chi connectivity index (χ3v) is 6.96. The van der Waals surface area contributed by atoms with Crippen molar-refractivity contribution in [2.24, 2.45) is 0 Å². The van der Waals surface area contributed by atoms with Crippen molar-refractivity contribution in [2.45, 2.75) is 47.1 Å². The lowest BCUT2D eigenvalue weighted by atomic mass is 10.0. The molecule has 1 aromatic heterocycles. The molecule has 1 N–H and O–H groups in total. The molecule has 0 aliphatic heterocycles. The van der Waals surface area contributed by atoms with E-state index in [0.29, 0.717) is 23.8 Å². The Morgan fingerprint density at radius 2 is 1.59 bits per heavy atom. The minimum absolute atomic E-state index is 0.00738. The number of amides is 1. The molecule has 1 amide bonds. The maximum atomic E-state index is 12.6. The van der Waals surface area contributed by atoms with Crippen LogP contribution in [0.2, 0.25) is 0 Å². The molecule has 0 saturated carbocycles. The molecule has 0 spiro atoms. The highest BCUT2D eigenvalue weighted by molar-refractivity contribution is 5.94. The Hall–Kier alpha value is -5.11. The fourth-order valence-electron chi connectivity index (χ4n) is 4.85. The van der Waals surface area contributed by atoms with Crippen LogP contribution < -0.4 is 14.8 Å². The predicted molar refractivity (Wildman–Crippen MR) is 172 cm³/mol. The zero-order valence-electron chi connectivity index (χ0n) is 25.7. The molecule has 226 valence electrons. The van der Waals surface area contributed by atoms with E-state index in [1.807, 2.05) is 45.2 Å². The number of fused-ring (bicyclic) bond motifs is 1. The summed E-state index contributed by atoms with van der Waals surface area (Å²) < 4.78 is 19.2. The monoisotopic (exact) mass is 591 g/mol. The summed E-state index contributed by atoms with van der Waals surface area (Å²) in [6, 6.07) is 25.5. The number of hydrogen-bond donors (Lipinski definition) is 1. The molecule has 8 nitrogen and oxygen atoms in total. The molecule has 1 heterocycles. The zero-order valence-corrected chi connectivity index (χ0v) is 25.7. The van der Waals surface area contributed by atoms with Gasteiger partial charge in [0.15, 0.2) is 0 Å². The van der Waals surface area contributed by atoms with E-state index < -0.39 is 0 Å². The summed E-state index contributed by atoms with van der Waals surface area (Å²) in [5, 5.41) is 9.89. The lowest BCUT2D eigenvalue weighted by Crippen LogP contribution is -2.26. The molecule has 0 unspecified atom stereocenters. The van der Waals surface area contributed by atoms with Gasteiger partial charge in [-0.25, -0.2) is 4.68 Å². The average molecular weight is 592 g/mol. The van der Waals surface area contributed by atoms with Crippen LogP contribution in [0.15, 0.2) is 85.1 Å². The summed E-state index contributed by atoms with van der Waals surface area (Å²) in [7, 11) is 0. The first-order chi connectivity index (χ1) is 21.2. The zero-order chi connectivity index (χ0) is 31.2. The fourth-order valence-corrected chi connectivity index (χ4v) is 4.85. The van der Waals surface area contributed by atoms with Crippen molar-refractivity contribution in [3.63, 3.8) is 0 Å². The van der Waals surface area contributed by atoms with Crippen LogP contribution in [-0.2, 0) is 9.53 Å². The van der Waals surface area contributed by atoms with Crippen molar-refractivity contribution in [1.82, 2.24) is 15.1 Å². The van der Waals surface area contributed by atoms with Gasteiger partial charge in [0.2, 0.25) is 5.88 Å². The number of nitrogens with one attached hydrogen (secondary N) is 1. The van der Waals surface area contributed by atoms with Crippen molar-refractivity contribution in [2.75, 3.05) is 13.2 Å². The van der Waals surface area contributed by atoms with Crippen LogP contribution in [0.3, 0.4) is 0 Å². The number of nitrogens with zero attached hydrogens (tertiary/aromatic N) is 2. The molecule has 5 aromatic rings. The van der Waals surface area contributed by atoms with E-state index in [0.717, 1.165) is 38.9 Å². The molecule has 0 aliphatic carbocycles. The van der Waals surface area contributed by atoms with Gasteiger partial charge >= 0.3 is 5.97 Å². The summed E-state index contributed by atoms with van der Waals surface area (Å²) in [4.78, 5) is 24.1. The molecule has 44 heavy (non-hydrogen) atoms. The lowest BCUT2D eigenvalue weighted by Gasteiger charge is -2.14. The maximum absolute atomic E-state index is 12.6. The third kappa shape index (κ3) is 7.26. The smallest absolute Gasteiger partial charge is 0.307 e. The maximum Gasteiger partial charge on any atom is 0.307 e. The molecule has 0 atom stereocenters. The van der Waals surface area contributed by atoms with Crippen LogP contribution in [0.5, 0.6) is 17.4 Å². The van der Waals surface area contributed by atoms with E-state index in [9.17, 15) is 9.59 Å².